The number of anilines is 3. The number of pyridine rings is 1. The molecule has 3 N–H and O–H groups in total. The highest BCUT2D eigenvalue weighted by molar-refractivity contribution is 7.14. The Hall–Kier alpha value is -3.14. The number of halogens is 3. The molecule has 0 atom stereocenters. The number of nitrogens with two attached hydrogens (primary N) is 1. The number of hydrazone groups is 1. The third kappa shape index (κ3) is 4.77. The van der Waals surface area contributed by atoms with Crippen LogP contribution in [0, 0.1) is 0 Å². The molecular formula is C18H17F3N6S. The second kappa shape index (κ2) is 7.85. The van der Waals surface area contributed by atoms with Crippen molar-refractivity contribution in [2.75, 3.05) is 30.2 Å². The van der Waals surface area contributed by atoms with Crippen LogP contribution in [0.25, 0.3) is 11.3 Å². The number of alkyl halides is 3. The predicted octanol–water partition coefficient (Wildman–Crippen LogP) is 4.32. The lowest BCUT2D eigenvalue weighted by Crippen LogP contribution is -2.14. The zero-order valence-corrected chi connectivity index (χ0v) is 15.8. The average Bonchev–Trinajstić information content (AvgIpc) is 3.06. The minimum Gasteiger partial charge on any atom is -0.383 e. The Bertz CT molecular complexity index is 997. The van der Waals surface area contributed by atoms with Gasteiger partial charge in [0.2, 0.25) is 5.13 Å². The fourth-order valence-corrected chi connectivity index (χ4v) is 2.88. The fraction of sp³-hybridized carbons (Fsp3) is 0.167. The van der Waals surface area contributed by atoms with Crippen LogP contribution in [0.3, 0.4) is 0 Å². The van der Waals surface area contributed by atoms with E-state index in [2.05, 4.69) is 20.5 Å². The van der Waals surface area contributed by atoms with Crippen molar-refractivity contribution >= 4 is 34.3 Å². The highest BCUT2D eigenvalue weighted by Crippen LogP contribution is 2.34. The smallest absolute Gasteiger partial charge is 0.383 e. The van der Waals surface area contributed by atoms with Crippen molar-refractivity contribution < 1.29 is 13.2 Å². The summed E-state index contributed by atoms with van der Waals surface area (Å²) in [6, 6.07) is 9.00. The number of rotatable bonds is 5. The quantitative estimate of drug-likeness (QED) is 0.487. The van der Waals surface area contributed by atoms with Crippen LogP contribution in [-0.4, -0.2) is 30.3 Å². The Morgan fingerprint density at radius 2 is 1.96 bits per heavy atom. The second-order valence-electron chi connectivity index (χ2n) is 6.06. The van der Waals surface area contributed by atoms with E-state index in [1.165, 1.54) is 16.2 Å². The molecule has 0 aliphatic carbocycles. The summed E-state index contributed by atoms with van der Waals surface area (Å²) in [5.41, 5.74) is 9.02. The fourth-order valence-electron chi connectivity index (χ4n) is 2.33. The molecule has 0 bridgehead atoms. The number of nitrogens with one attached hydrogen (secondary N) is 1. The summed E-state index contributed by atoms with van der Waals surface area (Å²) in [5.74, 6) is 0.629. The SMILES string of the molecule is CN(C)c1cc(C(F)(F)F)cc(-c2cccc(C=NNc3nc(N)cs3)c2)n1. The highest BCUT2D eigenvalue weighted by Gasteiger charge is 2.32. The molecule has 2 aromatic heterocycles. The highest BCUT2D eigenvalue weighted by atomic mass is 32.1. The van der Waals surface area contributed by atoms with Crippen LogP contribution in [-0.2, 0) is 6.18 Å². The van der Waals surface area contributed by atoms with Crippen molar-refractivity contribution in [3.8, 4) is 11.3 Å². The summed E-state index contributed by atoms with van der Waals surface area (Å²) in [5, 5.41) is 6.29. The van der Waals surface area contributed by atoms with E-state index in [0.29, 0.717) is 22.1 Å². The number of hydrogen-bond acceptors (Lipinski definition) is 7. The average molecular weight is 406 g/mol. The summed E-state index contributed by atoms with van der Waals surface area (Å²) in [7, 11) is 3.29. The Balaban J connectivity index is 1.89. The number of nitrogens with zero attached hydrogens (tertiary/aromatic N) is 4. The maximum atomic E-state index is 13.2. The molecule has 0 radical (unpaired) electrons. The first-order chi connectivity index (χ1) is 13.2. The minimum absolute atomic E-state index is 0.229. The van der Waals surface area contributed by atoms with Crippen molar-refractivity contribution in [1.29, 1.82) is 0 Å². The third-order valence-corrected chi connectivity index (χ3v) is 4.44. The van der Waals surface area contributed by atoms with E-state index >= 15 is 0 Å². The molecule has 3 rings (SSSR count). The van der Waals surface area contributed by atoms with Crippen LogP contribution in [0.15, 0.2) is 46.9 Å². The van der Waals surface area contributed by atoms with Gasteiger partial charge < -0.3 is 10.6 Å². The van der Waals surface area contributed by atoms with Crippen LogP contribution in [0.1, 0.15) is 11.1 Å². The molecule has 0 aliphatic rings. The van der Waals surface area contributed by atoms with E-state index in [0.717, 1.165) is 12.1 Å². The van der Waals surface area contributed by atoms with E-state index in [1.807, 2.05) is 0 Å². The molecule has 0 unspecified atom stereocenters. The standard InChI is InChI=1S/C18H17F3N6S/c1-27(2)16-8-13(18(19,20)21)7-14(24-16)12-5-3-4-11(6-12)9-23-26-17-25-15(22)10-28-17/h3-10H,22H2,1-2H3,(H,25,26). The number of thiazole rings is 1. The van der Waals surface area contributed by atoms with E-state index in [1.54, 1.807) is 50.0 Å². The van der Waals surface area contributed by atoms with Gasteiger partial charge in [0.15, 0.2) is 0 Å². The van der Waals surface area contributed by atoms with Gasteiger partial charge in [-0.15, -0.1) is 11.3 Å². The van der Waals surface area contributed by atoms with Gasteiger partial charge in [-0.2, -0.15) is 18.3 Å². The predicted molar refractivity (Wildman–Crippen MR) is 107 cm³/mol. The normalized spacial score (nSPS) is 11.8. The monoisotopic (exact) mass is 406 g/mol. The van der Waals surface area contributed by atoms with Crippen molar-refractivity contribution in [3.05, 3.63) is 52.9 Å². The summed E-state index contributed by atoms with van der Waals surface area (Å²) in [6.07, 6.45) is -2.91. The zero-order chi connectivity index (χ0) is 20.3. The first-order valence-electron chi connectivity index (χ1n) is 8.09. The van der Waals surface area contributed by atoms with Crippen LogP contribution >= 0.6 is 11.3 Å². The van der Waals surface area contributed by atoms with Crippen molar-refractivity contribution in [2.45, 2.75) is 6.18 Å². The minimum atomic E-state index is -4.46. The van der Waals surface area contributed by atoms with Crippen LogP contribution in [0.4, 0.5) is 29.9 Å². The summed E-state index contributed by atoms with van der Waals surface area (Å²) < 4.78 is 39.7. The van der Waals surface area contributed by atoms with Gasteiger partial charge in [0, 0.05) is 25.0 Å². The van der Waals surface area contributed by atoms with E-state index in [-0.39, 0.29) is 11.5 Å². The number of aromatic nitrogens is 2. The van der Waals surface area contributed by atoms with Crippen molar-refractivity contribution in [2.24, 2.45) is 5.10 Å². The molecule has 2 heterocycles. The van der Waals surface area contributed by atoms with E-state index < -0.39 is 11.7 Å². The van der Waals surface area contributed by atoms with Gasteiger partial charge in [0.25, 0.3) is 0 Å². The van der Waals surface area contributed by atoms with Gasteiger partial charge in [-0.05, 0) is 23.8 Å². The lowest BCUT2D eigenvalue weighted by atomic mass is 10.1. The molecule has 1 aromatic carbocycles. The largest absolute Gasteiger partial charge is 0.416 e. The van der Waals surface area contributed by atoms with Gasteiger partial charge >= 0.3 is 6.18 Å². The summed E-state index contributed by atoms with van der Waals surface area (Å²) in [6.45, 7) is 0. The zero-order valence-electron chi connectivity index (χ0n) is 15.0. The summed E-state index contributed by atoms with van der Waals surface area (Å²) >= 11 is 1.31. The van der Waals surface area contributed by atoms with Crippen LogP contribution < -0.4 is 16.1 Å². The lowest BCUT2D eigenvalue weighted by Gasteiger charge is -2.16. The molecule has 0 spiro atoms. The molecular weight excluding hydrogens is 389 g/mol. The topological polar surface area (TPSA) is 79.4 Å². The number of benzene rings is 1. The van der Waals surface area contributed by atoms with Gasteiger partial charge in [-0.3, -0.25) is 5.43 Å². The number of hydrogen-bond donors (Lipinski definition) is 2. The molecule has 0 aliphatic heterocycles. The van der Waals surface area contributed by atoms with Crippen molar-refractivity contribution in [1.82, 2.24) is 9.97 Å². The molecule has 146 valence electrons. The Morgan fingerprint density at radius 1 is 1.18 bits per heavy atom. The van der Waals surface area contributed by atoms with Crippen LogP contribution in [0.2, 0.25) is 0 Å². The van der Waals surface area contributed by atoms with Crippen LogP contribution in [0.5, 0.6) is 0 Å². The van der Waals surface area contributed by atoms with Crippen molar-refractivity contribution in [3.63, 3.8) is 0 Å². The molecule has 0 saturated heterocycles. The van der Waals surface area contributed by atoms with E-state index in [4.69, 9.17) is 5.73 Å². The van der Waals surface area contributed by atoms with Gasteiger partial charge in [-0.25, -0.2) is 9.97 Å². The molecule has 3 aromatic rings. The Morgan fingerprint density at radius 3 is 2.61 bits per heavy atom. The molecule has 28 heavy (non-hydrogen) atoms. The Labute approximate surface area is 163 Å². The molecule has 0 amide bonds. The van der Waals surface area contributed by atoms with Gasteiger partial charge in [0.1, 0.15) is 11.6 Å². The molecule has 6 nitrogen and oxygen atoms in total. The lowest BCUT2D eigenvalue weighted by molar-refractivity contribution is -0.137. The second-order valence-corrected chi connectivity index (χ2v) is 6.92. The Kier molecular flexibility index (Phi) is 5.50. The maximum absolute atomic E-state index is 13.2. The maximum Gasteiger partial charge on any atom is 0.416 e. The first kappa shape index (κ1) is 19.6. The first-order valence-corrected chi connectivity index (χ1v) is 8.97. The van der Waals surface area contributed by atoms with Gasteiger partial charge in [0.05, 0.1) is 17.5 Å². The van der Waals surface area contributed by atoms with Gasteiger partial charge in [-0.1, -0.05) is 18.2 Å². The molecule has 0 fully saturated rings. The summed E-state index contributed by atoms with van der Waals surface area (Å²) in [4.78, 5) is 9.88. The molecule has 10 heteroatoms. The number of nitrogen functional groups attached to an aromatic ring is 1. The molecule has 0 saturated carbocycles. The van der Waals surface area contributed by atoms with E-state index in [9.17, 15) is 13.2 Å². The third-order valence-electron chi connectivity index (χ3n) is 3.68.